The van der Waals surface area contributed by atoms with E-state index in [1.807, 2.05) is 12.1 Å². The Morgan fingerprint density at radius 3 is 1.60 bits per heavy atom. The smallest absolute Gasteiger partial charge is 0.252 e. The van der Waals surface area contributed by atoms with Crippen LogP contribution in [0.2, 0.25) is 0 Å². The third-order valence-corrected chi connectivity index (χ3v) is 16.0. The highest BCUT2D eigenvalue weighted by Gasteiger charge is 2.49. The molecule has 68 heavy (non-hydrogen) atoms. The van der Waals surface area contributed by atoms with Crippen LogP contribution in [-0.2, 0) is 21.7 Å². The minimum absolute atomic E-state index is 0.0300. The quantitative estimate of drug-likeness (QED) is 0.154. The first-order valence-corrected chi connectivity index (χ1v) is 24.5. The molecule has 8 aromatic rings. The average Bonchev–Trinajstić information content (AvgIpc) is 3.65. The zero-order chi connectivity index (χ0) is 49.6. The van der Waals surface area contributed by atoms with Gasteiger partial charge >= 0.3 is 0 Å². The first kappa shape index (κ1) is 39.2. The molecule has 0 radical (unpaired) electrons. The summed E-state index contributed by atoms with van der Waals surface area (Å²) in [4.78, 5) is 7.18. The molecule has 2 aliphatic heterocycles. The summed E-state index contributed by atoms with van der Waals surface area (Å²) in [6.45, 7) is 18.7. The molecule has 2 aliphatic carbocycles. The van der Waals surface area contributed by atoms with Crippen LogP contribution in [0.5, 0.6) is 0 Å². The lowest BCUT2D eigenvalue weighted by atomic mass is 9.33. The summed E-state index contributed by atoms with van der Waals surface area (Å²) in [5, 5.41) is 0. The molecule has 4 heteroatoms. The second kappa shape index (κ2) is 14.9. The van der Waals surface area contributed by atoms with Crippen molar-refractivity contribution in [3.8, 4) is 11.1 Å². The number of benzene rings is 8. The van der Waals surface area contributed by atoms with Gasteiger partial charge in [-0.15, -0.1) is 0 Å². The Hall–Kier alpha value is -6.78. The summed E-state index contributed by atoms with van der Waals surface area (Å²) in [6, 6.07) is 61.7. The summed E-state index contributed by atoms with van der Waals surface area (Å²) >= 11 is 0. The fraction of sp³-hybridized carbons (Fsp3) is 0.250. The van der Waals surface area contributed by atoms with Gasteiger partial charge in [0, 0.05) is 55.3 Å². The lowest BCUT2D eigenvalue weighted by Gasteiger charge is -2.45. The molecule has 0 saturated carbocycles. The van der Waals surface area contributed by atoms with Gasteiger partial charge in [0.15, 0.2) is 0 Å². The molecule has 3 nitrogen and oxygen atoms in total. The van der Waals surface area contributed by atoms with E-state index in [1.54, 1.807) is 0 Å². The fourth-order valence-electron chi connectivity index (χ4n) is 13.6. The molecule has 0 aromatic heterocycles. The maximum Gasteiger partial charge on any atom is 0.252 e. The van der Waals surface area contributed by atoms with E-state index in [9.17, 15) is 0 Å². The molecule has 8 aromatic carbocycles. The normalized spacial score (nSPS) is 18.1. The molecule has 12 rings (SSSR count). The number of anilines is 9. The molecular formula is C64H62BN3. The molecule has 0 fully saturated rings. The molecule has 0 amide bonds. The van der Waals surface area contributed by atoms with Gasteiger partial charge in [-0.3, -0.25) is 0 Å². The largest absolute Gasteiger partial charge is 0.311 e. The van der Waals surface area contributed by atoms with E-state index in [0.29, 0.717) is 5.56 Å². The van der Waals surface area contributed by atoms with Crippen LogP contribution < -0.4 is 31.1 Å². The molecule has 0 bridgehead atoms. The third kappa shape index (κ3) is 6.47. The maximum atomic E-state index is 9.15. The van der Waals surface area contributed by atoms with Crippen molar-refractivity contribution in [2.45, 2.75) is 104 Å². The summed E-state index contributed by atoms with van der Waals surface area (Å²) in [6.07, 6.45) is 2.08. The Morgan fingerprint density at radius 2 is 0.985 bits per heavy atom. The van der Waals surface area contributed by atoms with Gasteiger partial charge in [0.1, 0.15) is 0 Å². The lowest BCUT2D eigenvalue weighted by Crippen LogP contribution is -2.61. The van der Waals surface area contributed by atoms with Gasteiger partial charge in [0.05, 0.1) is 0 Å². The van der Waals surface area contributed by atoms with Gasteiger partial charge in [0.2, 0.25) is 0 Å². The van der Waals surface area contributed by atoms with Crippen molar-refractivity contribution < 1.29 is 4.11 Å². The zero-order valence-corrected chi connectivity index (χ0v) is 41.0. The van der Waals surface area contributed by atoms with Gasteiger partial charge in [-0.1, -0.05) is 140 Å². The third-order valence-electron chi connectivity index (χ3n) is 16.0. The van der Waals surface area contributed by atoms with Crippen molar-refractivity contribution in [3.63, 3.8) is 0 Å². The van der Waals surface area contributed by atoms with Crippen molar-refractivity contribution in [3.05, 3.63) is 203 Å². The highest BCUT2D eigenvalue weighted by Crippen LogP contribution is 2.55. The first-order chi connectivity index (χ1) is 33.7. The van der Waals surface area contributed by atoms with E-state index >= 15 is 0 Å². The molecule has 0 N–H and O–H groups in total. The number of hydrogen-bond donors (Lipinski definition) is 0. The molecule has 0 unspecified atom stereocenters. The van der Waals surface area contributed by atoms with E-state index in [4.69, 9.17) is 4.11 Å². The van der Waals surface area contributed by atoms with E-state index in [0.717, 1.165) is 86.2 Å². The van der Waals surface area contributed by atoms with Gasteiger partial charge in [-0.2, -0.15) is 0 Å². The summed E-state index contributed by atoms with van der Waals surface area (Å²) in [7, 11) is 0. The molecule has 0 spiro atoms. The summed E-state index contributed by atoms with van der Waals surface area (Å²) in [5.74, 6) is 0. The minimum Gasteiger partial charge on any atom is -0.311 e. The van der Waals surface area contributed by atoms with Crippen molar-refractivity contribution in [2.75, 3.05) is 14.7 Å². The van der Waals surface area contributed by atoms with Crippen LogP contribution in [-0.4, -0.2) is 6.71 Å². The molecule has 336 valence electrons. The standard InChI is InChI=1S/C64H62BN3/c1-41-32-58-60-59(33-41)68(55-30-26-44(34-42(55)2)43-20-14-11-15-21-43)56-31-28-48(66(45-22-16-12-17-23-45)46-24-18-13-19-25-46)36-53(56)65(60)54-37-51-52(64(9,10)40-63(51,7)8)38-57(54)67(58)47-27-29-49-50(35-47)62(5,6)39-61(49,3)4/h11-38H,39-40H2,1-10H3/i1D3. The topological polar surface area (TPSA) is 9.72 Å². The summed E-state index contributed by atoms with van der Waals surface area (Å²) in [5.41, 5.74) is 21.9. The first-order valence-electron chi connectivity index (χ1n) is 26.0. The lowest BCUT2D eigenvalue weighted by molar-refractivity contribution is 0.403. The van der Waals surface area contributed by atoms with Gasteiger partial charge in [0.25, 0.3) is 6.71 Å². The van der Waals surface area contributed by atoms with Gasteiger partial charge in [-0.25, -0.2) is 0 Å². The predicted molar refractivity (Wildman–Crippen MR) is 291 cm³/mol. The number of hydrogen-bond acceptors (Lipinski definition) is 3. The number of para-hydroxylation sites is 2. The maximum absolute atomic E-state index is 9.15. The van der Waals surface area contributed by atoms with Crippen LogP contribution in [0.1, 0.15) is 106 Å². The second-order valence-electron chi connectivity index (χ2n) is 22.7. The van der Waals surface area contributed by atoms with Crippen LogP contribution in [0.3, 0.4) is 0 Å². The fourth-order valence-corrected chi connectivity index (χ4v) is 13.6. The Kier molecular flexibility index (Phi) is 8.58. The van der Waals surface area contributed by atoms with Crippen molar-refractivity contribution in [1.29, 1.82) is 0 Å². The molecular weight excluding hydrogens is 822 g/mol. The SMILES string of the molecule is [2H]C([2H])([2H])c1cc2c3c(c1)N(c1ccc(-c4ccccc4)cc1C)c1ccc(N(c4ccccc4)c4ccccc4)cc1B3c1cc3c(cc1N2c1ccc2c(c1)C(C)(C)CC2(C)C)C(C)(C)CC3(C)C. The Labute approximate surface area is 409 Å². The zero-order valence-electron chi connectivity index (χ0n) is 44.0. The highest BCUT2D eigenvalue weighted by atomic mass is 15.2. The Bertz CT molecular complexity index is 3410. The molecule has 2 heterocycles. The van der Waals surface area contributed by atoms with Crippen LogP contribution in [0.4, 0.5) is 51.2 Å². The van der Waals surface area contributed by atoms with Crippen molar-refractivity contribution in [1.82, 2.24) is 0 Å². The van der Waals surface area contributed by atoms with E-state index in [-0.39, 0.29) is 28.4 Å². The van der Waals surface area contributed by atoms with E-state index in [2.05, 4.69) is 235 Å². The molecule has 0 saturated heterocycles. The number of aryl methyl sites for hydroxylation is 2. The van der Waals surface area contributed by atoms with Gasteiger partial charge in [-0.05, 0) is 194 Å². The van der Waals surface area contributed by atoms with Gasteiger partial charge < -0.3 is 14.7 Å². The molecule has 0 atom stereocenters. The molecule has 4 aliphatic rings. The van der Waals surface area contributed by atoms with Crippen LogP contribution in [0, 0.1) is 13.8 Å². The van der Waals surface area contributed by atoms with E-state index < -0.39 is 6.85 Å². The van der Waals surface area contributed by atoms with Crippen molar-refractivity contribution >= 4 is 74.3 Å². The monoisotopic (exact) mass is 887 g/mol. The van der Waals surface area contributed by atoms with E-state index in [1.165, 1.54) is 33.2 Å². The predicted octanol–water partition coefficient (Wildman–Crippen LogP) is 15.4. The Balaban J connectivity index is 1.20. The van der Waals surface area contributed by atoms with Crippen molar-refractivity contribution in [2.24, 2.45) is 0 Å². The second-order valence-corrected chi connectivity index (χ2v) is 22.7. The average molecular weight is 887 g/mol. The van der Waals surface area contributed by atoms with Crippen LogP contribution >= 0.6 is 0 Å². The van der Waals surface area contributed by atoms with Crippen LogP contribution in [0.25, 0.3) is 11.1 Å². The highest BCUT2D eigenvalue weighted by molar-refractivity contribution is 7.00. The number of nitrogens with zero attached hydrogens (tertiary/aromatic N) is 3. The number of rotatable bonds is 6. The minimum atomic E-state index is -2.38. The summed E-state index contributed by atoms with van der Waals surface area (Å²) < 4.78 is 27.4. The Morgan fingerprint density at radius 1 is 0.441 bits per heavy atom. The van der Waals surface area contributed by atoms with Crippen LogP contribution in [0.15, 0.2) is 170 Å². The number of fused-ring (bicyclic) bond motifs is 6.